The first-order chi connectivity index (χ1) is 9.79. The van der Waals surface area contributed by atoms with Gasteiger partial charge in [-0.3, -0.25) is 0 Å². The lowest BCUT2D eigenvalue weighted by Gasteiger charge is -2.12. The van der Waals surface area contributed by atoms with E-state index < -0.39 is 11.7 Å². The number of halogens is 3. The standard InChI is InChI=1S/C14H13F3N2O2/c1-8-3-4-10(11(5-8)20-2)21-13-7-9(14(15,16)17)6-12(18)19-13/h3-7H,1-2H3,(H2,18,19). The van der Waals surface area contributed by atoms with Crippen molar-refractivity contribution in [1.29, 1.82) is 0 Å². The van der Waals surface area contributed by atoms with Crippen molar-refractivity contribution >= 4 is 5.82 Å². The molecular weight excluding hydrogens is 285 g/mol. The van der Waals surface area contributed by atoms with Crippen LogP contribution < -0.4 is 15.2 Å². The van der Waals surface area contributed by atoms with Gasteiger partial charge in [0.15, 0.2) is 11.5 Å². The van der Waals surface area contributed by atoms with Gasteiger partial charge < -0.3 is 15.2 Å². The monoisotopic (exact) mass is 298 g/mol. The van der Waals surface area contributed by atoms with Crippen molar-refractivity contribution in [3.63, 3.8) is 0 Å². The number of benzene rings is 1. The van der Waals surface area contributed by atoms with E-state index in [1.807, 2.05) is 6.92 Å². The van der Waals surface area contributed by atoms with Gasteiger partial charge in [-0.2, -0.15) is 18.2 Å². The number of ether oxygens (including phenoxy) is 2. The van der Waals surface area contributed by atoms with Gasteiger partial charge in [-0.25, -0.2) is 0 Å². The predicted octanol–water partition coefficient (Wildman–Crippen LogP) is 3.79. The number of hydrogen-bond acceptors (Lipinski definition) is 4. The van der Waals surface area contributed by atoms with Gasteiger partial charge in [0.25, 0.3) is 0 Å². The minimum Gasteiger partial charge on any atom is -0.493 e. The lowest BCUT2D eigenvalue weighted by Crippen LogP contribution is -2.07. The summed E-state index contributed by atoms with van der Waals surface area (Å²) in [5, 5.41) is 0. The maximum Gasteiger partial charge on any atom is 0.416 e. The van der Waals surface area contributed by atoms with Crippen LogP contribution in [-0.2, 0) is 6.18 Å². The van der Waals surface area contributed by atoms with Gasteiger partial charge in [-0.05, 0) is 30.7 Å². The Morgan fingerprint density at radius 2 is 1.81 bits per heavy atom. The first kappa shape index (κ1) is 15.0. The molecule has 21 heavy (non-hydrogen) atoms. The number of rotatable bonds is 3. The molecule has 112 valence electrons. The molecule has 1 aromatic heterocycles. The molecule has 0 fully saturated rings. The van der Waals surface area contributed by atoms with Crippen LogP contribution in [0.5, 0.6) is 17.4 Å². The fraction of sp³-hybridized carbons (Fsp3) is 0.214. The van der Waals surface area contributed by atoms with Crippen LogP contribution in [0.3, 0.4) is 0 Å². The molecule has 0 bridgehead atoms. The quantitative estimate of drug-likeness (QED) is 0.936. The molecule has 0 aliphatic heterocycles. The van der Waals surface area contributed by atoms with Crippen molar-refractivity contribution in [3.05, 3.63) is 41.5 Å². The third-order valence-electron chi connectivity index (χ3n) is 2.68. The lowest BCUT2D eigenvalue weighted by molar-refractivity contribution is -0.137. The van der Waals surface area contributed by atoms with E-state index >= 15 is 0 Å². The smallest absolute Gasteiger partial charge is 0.416 e. The average Bonchev–Trinajstić information content (AvgIpc) is 2.39. The van der Waals surface area contributed by atoms with Crippen LogP contribution >= 0.6 is 0 Å². The van der Waals surface area contributed by atoms with E-state index in [0.29, 0.717) is 5.75 Å². The van der Waals surface area contributed by atoms with Gasteiger partial charge in [0.1, 0.15) is 5.82 Å². The zero-order chi connectivity index (χ0) is 15.6. The van der Waals surface area contributed by atoms with Gasteiger partial charge in [0.05, 0.1) is 12.7 Å². The molecule has 2 rings (SSSR count). The summed E-state index contributed by atoms with van der Waals surface area (Å²) >= 11 is 0. The molecule has 0 saturated carbocycles. The van der Waals surface area contributed by atoms with Crippen molar-refractivity contribution in [2.45, 2.75) is 13.1 Å². The van der Waals surface area contributed by atoms with E-state index in [1.165, 1.54) is 7.11 Å². The summed E-state index contributed by atoms with van der Waals surface area (Å²) in [5.74, 6) is 0.137. The van der Waals surface area contributed by atoms with Gasteiger partial charge >= 0.3 is 6.18 Å². The van der Waals surface area contributed by atoms with Crippen LogP contribution in [0.15, 0.2) is 30.3 Å². The van der Waals surface area contributed by atoms with Crippen molar-refractivity contribution in [2.24, 2.45) is 0 Å². The third-order valence-corrected chi connectivity index (χ3v) is 2.68. The molecule has 7 heteroatoms. The van der Waals surface area contributed by atoms with Crippen LogP contribution in [-0.4, -0.2) is 12.1 Å². The third kappa shape index (κ3) is 3.56. The highest BCUT2D eigenvalue weighted by atomic mass is 19.4. The van der Waals surface area contributed by atoms with Crippen molar-refractivity contribution in [3.8, 4) is 17.4 Å². The Kier molecular flexibility index (Phi) is 3.93. The van der Waals surface area contributed by atoms with E-state index in [2.05, 4.69) is 4.98 Å². The maximum atomic E-state index is 12.7. The molecule has 0 aliphatic rings. The second-order valence-corrected chi connectivity index (χ2v) is 4.37. The fourth-order valence-electron chi connectivity index (χ4n) is 1.71. The molecule has 1 heterocycles. The summed E-state index contributed by atoms with van der Waals surface area (Å²) in [6.45, 7) is 1.85. The predicted molar refractivity (Wildman–Crippen MR) is 71.5 cm³/mol. The van der Waals surface area contributed by atoms with E-state index in [-0.39, 0.29) is 17.4 Å². The topological polar surface area (TPSA) is 57.4 Å². The van der Waals surface area contributed by atoms with E-state index in [1.54, 1.807) is 18.2 Å². The second kappa shape index (κ2) is 5.51. The van der Waals surface area contributed by atoms with Gasteiger partial charge in [0.2, 0.25) is 5.88 Å². The number of nitrogens with two attached hydrogens (primary N) is 1. The Balaban J connectivity index is 2.38. The molecule has 2 N–H and O–H groups in total. The SMILES string of the molecule is COc1cc(C)ccc1Oc1cc(C(F)(F)F)cc(N)n1. The highest BCUT2D eigenvalue weighted by Gasteiger charge is 2.31. The number of pyridine rings is 1. The number of aryl methyl sites for hydroxylation is 1. The lowest BCUT2D eigenvalue weighted by atomic mass is 10.2. The van der Waals surface area contributed by atoms with E-state index in [9.17, 15) is 13.2 Å². The molecule has 4 nitrogen and oxygen atoms in total. The van der Waals surface area contributed by atoms with Gasteiger partial charge in [0, 0.05) is 6.07 Å². The summed E-state index contributed by atoms with van der Waals surface area (Å²) in [6, 6.07) is 6.57. The first-order valence-corrected chi connectivity index (χ1v) is 5.97. The van der Waals surface area contributed by atoms with Gasteiger partial charge in [-0.15, -0.1) is 0 Å². The van der Waals surface area contributed by atoms with Crippen LogP contribution in [0, 0.1) is 6.92 Å². The van der Waals surface area contributed by atoms with Gasteiger partial charge in [-0.1, -0.05) is 6.07 Å². The van der Waals surface area contributed by atoms with Crippen molar-refractivity contribution in [1.82, 2.24) is 4.98 Å². The molecule has 0 aliphatic carbocycles. The zero-order valence-corrected chi connectivity index (χ0v) is 11.4. The Morgan fingerprint density at radius 3 is 2.43 bits per heavy atom. The van der Waals surface area contributed by atoms with E-state index in [4.69, 9.17) is 15.2 Å². The molecule has 0 unspecified atom stereocenters. The minimum atomic E-state index is -4.52. The summed E-state index contributed by atoms with van der Waals surface area (Å²) in [7, 11) is 1.44. The maximum absolute atomic E-state index is 12.7. The van der Waals surface area contributed by atoms with Crippen LogP contribution in [0.1, 0.15) is 11.1 Å². The Morgan fingerprint density at radius 1 is 1.10 bits per heavy atom. The van der Waals surface area contributed by atoms with Crippen LogP contribution in [0.2, 0.25) is 0 Å². The Bertz CT molecular complexity index is 657. The molecule has 0 atom stereocenters. The number of methoxy groups -OCH3 is 1. The minimum absolute atomic E-state index is 0.246. The number of nitrogen functional groups attached to an aromatic ring is 1. The highest BCUT2D eigenvalue weighted by molar-refractivity contribution is 5.46. The fourth-order valence-corrected chi connectivity index (χ4v) is 1.71. The zero-order valence-electron chi connectivity index (χ0n) is 11.4. The van der Waals surface area contributed by atoms with E-state index in [0.717, 1.165) is 17.7 Å². The Labute approximate surface area is 119 Å². The summed E-state index contributed by atoms with van der Waals surface area (Å²) in [5.41, 5.74) is 5.39. The number of aromatic nitrogens is 1. The number of anilines is 1. The summed E-state index contributed by atoms with van der Waals surface area (Å²) in [6.07, 6.45) is -4.52. The van der Waals surface area contributed by atoms with Crippen LogP contribution in [0.4, 0.5) is 19.0 Å². The average molecular weight is 298 g/mol. The normalized spacial score (nSPS) is 11.3. The van der Waals surface area contributed by atoms with Crippen LogP contribution in [0.25, 0.3) is 0 Å². The Hall–Kier alpha value is -2.44. The molecule has 0 spiro atoms. The molecule has 0 amide bonds. The second-order valence-electron chi connectivity index (χ2n) is 4.37. The largest absolute Gasteiger partial charge is 0.493 e. The summed E-state index contributed by atoms with van der Waals surface area (Å²) in [4.78, 5) is 3.74. The highest BCUT2D eigenvalue weighted by Crippen LogP contribution is 2.35. The van der Waals surface area contributed by atoms with Crippen molar-refractivity contribution < 1.29 is 22.6 Å². The van der Waals surface area contributed by atoms with Crippen molar-refractivity contribution in [2.75, 3.05) is 12.8 Å². The number of alkyl halides is 3. The molecule has 0 radical (unpaired) electrons. The summed E-state index contributed by atoms with van der Waals surface area (Å²) < 4.78 is 48.6. The molecular formula is C14H13F3N2O2. The molecule has 2 aromatic rings. The molecule has 0 saturated heterocycles. The molecule has 1 aromatic carbocycles. The number of hydrogen-bond donors (Lipinski definition) is 1. The number of nitrogens with zero attached hydrogens (tertiary/aromatic N) is 1. The first-order valence-electron chi connectivity index (χ1n) is 5.97.